The molecule has 4 heteroatoms. The second-order valence-corrected chi connectivity index (χ2v) is 4.56. The first-order valence-electron chi connectivity index (χ1n) is 6.22. The van der Waals surface area contributed by atoms with Crippen LogP contribution in [0.25, 0.3) is 11.1 Å². The second-order valence-electron chi connectivity index (χ2n) is 4.56. The average molecular weight is 231 g/mol. The molecule has 1 aliphatic rings. The van der Waals surface area contributed by atoms with E-state index >= 15 is 0 Å². The molecule has 1 unspecified atom stereocenters. The molecule has 3 rings (SSSR count). The lowest BCUT2D eigenvalue weighted by Crippen LogP contribution is -2.39. The predicted octanol–water partition coefficient (Wildman–Crippen LogP) is 2.38. The Kier molecular flexibility index (Phi) is 2.96. The Morgan fingerprint density at radius 1 is 1.41 bits per heavy atom. The maximum atomic E-state index is 5.28. The Labute approximate surface area is 100 Å². The third kappa shape index (κ3) is 2.42. The molecule has 0 amide bonds. The molecule has 0 saturated carbocycles. The van der Waals surface area contributed by atoms with Gasteiger partial charge in [0, 0.05) is 24.3 Å². The van der Waals surface area contributed by atoms with E-state index in [-0.39, 0.29) is 0 Å². The molecule has 1 saturated heterocycles. The zero-order valence-corrected chi connectivity index (χ0v) is 9.78. The predicted molar refractivity (Wildman–Crippen MR) is 68.1 cm³/mol. The SMILES string of the molecule is c1nc2ccc(NCC3CCCCN3)cc2o1. The minimum absolute atomic E-state index is 0.592. The first-order valence-corrected chi connectivity index (χ1v) is 6.22. The van der Waals surface area contributed by atoms with Crippen molar-refractivity contribution in [1.29, 1.82) is 0 Å². The summed E-state index contributed by atoms with van der Waals surface area (Å²) in [7, 11) is 0. The number of benzene rings is 1. The summed E-state index contributed by atoms with van der Waals surface area (Å²) in [5, 5.41) is 6.97. The number of nitrogens with one attached hydrogen (secondary N) is 2. The summed E-state index contributed by atoms with van der Waals surface area (Å²) in [6, 6.07) is 6.63. The Bertz CT molecular complexity index is 488. The van der Waals surface area contributed by atoms with E-state index in [0.717, 1.165) is 29.9 Å². The van der Waals surface area contributed by atoms with Crippen molar-refractivity contribution in [1.82, 2.24) is 10.3 Å². The molecule has 4 nitrogen and oxygen atoms in total. The van der Waals surface area contributed by atoms with Crippen molar-refractivity contribution in [2.24, 2.45) is 0 Å². The first kappa shape index (κ1) is 10.6. The molecule has 1 atom stereocenters. The van der Waals surface area contributed by atoms with Crippen LogP contribution < -0.4 is 10.6 Å². The van der Waals surface area contributed by atoms with Gasteiger partial charge in [0.1, 0.15) is 5.52 Å². The number of piperidine rings is 1. The fraction of sp³-hybridized carbons (Fsp3) is 0.462. The lowest BCUT2D eigenvalue weighted by Gasteiger charge is -2.24. The van der Waals surface area contributed by atoms with E-state index in [1.165, 1.54) is 25.7 Å². The third-order valence-corrected chi connectivity index (χ3v) is 3.30. The van der Waals surface area contributed by atoms with Gasteiger partial charge in [-0.05, 0) is 31.5 Å². The molecule has 2 heterocycles. The van der Waals surface area contributed by atoms with E-state index in [1.807, 2.05) is 18.2 Å². The molecular formula is C13H17N3O. The molecule has 1 fully saturated rings. The maximum Gasteiger partial charge on any atom is 0.181 e. The Balaban J connectivity index is 1.63. The highest BCUT2D eigenvalue weighted by Crippen LogP contribution is 2.18. The fourth-order valence-electron chi connectivity index (χ4n) is 2.30. The Morgan fingerprint density at radius 3 is 3.29 bits per heavy atom. The van der Waals surface area contributed by atoms with Crippen LogP contribution in [0.1, 0.15) is 19.3 Å². The maximum absolute atomic E-state index is 5.28. The fourth-order valence-corrected chi connectivity index (χ4v) is 2.30. The number of oxazole rings is 1. The van der Waals surface area contributed by atoms with Crippen LogP contribution in [0.5, 0.6) is 0 Å². The van der Waals surface area contributed by atoms with E-state index in [0.29, 0.717) is 6.04 Å². The van der Waals surface area contributed by atoms with Gasteiger partial charge in [0.15, 0.2) is 12.0 Å². The monoisotopic (exact) mass is 231 g/mol. The average Bonchev–Trinajstić information content (AvgIpc) is 2.85. The van der Waals surface area contributed by atoms with E-state index < -0.39 is 0 Å². The summed E-state index contributed by atoms with van der Waals surface area (Å²) in [5.41, 5.74) is 2.85. The summed E-state index contributed by atoms with van der Waals surface area (Å²) in [5.74, 6) is 0. The topological polar surface area (TPSA) is 50.1 Å². The number of hydrogen-bond donors (Lipinski definition) is 2. The van der Waals surface area contributed by atoms with E-state index in [9.17, 15) is 0 Å². The Hall–Kier alpha value is -1.55. The number of aromatic nitrogens is 1. The first-order chi connectivity index (χ1) is 8.42. The van der Waals surface area contributed by atoms with Crippen molar-refractivity contribution >= 4 is 16.8 Å². The van der Waals surface area contributed by atoms with E-state index in [1.54, 1.807) is 0 Å². The zero-order valence-electron chi connectivity index (χ0n) is 9.78. The molecule has 90 valence electrons. The summed E-state index contributed by atoms with van der Waals surface area (Å²) in [6.07, 6.45) is 5.38. The zero-order chi connectivity index (χ0) is 11.5. The quantitative estimate of drug-likeness (QED) is 0.851. The third-order valence-electron chi connectivity index (χ3n) is 3.30. The second kappa shape index (κ2) is 4.75. The molecule has 1 aromatic heterocycles. The largest absolute Gasteiger partial charge is 0.443 e. The number of anilines is 1. The van der Waals surface area contributed by atoms with Gasteiger partial charge in [-0.25, -0.2) is 4.98 Å². The van der Waals surface area contributed by atoms with Crippen LogP contribution in [-0.4, -0.2) is 24.1 Å². The molecular weight excluding hydrogens is 214 g/mol. The van der Waals surface area contributed by atoms with Crippen LogP contribution in [0.4, 0.5) is 5.69 Å². The normalized spacial score (nSPS) is 20.6. The van der Waals surface area contributed by atoms with Gasteiger partial charge in [-0.2, -0.15) is 0 Å². The highest BCUT2D eigenvalue weighted by Gasteiger charge is 2.11. The molecule has 0 bridgehead atoms. The minimum atomic E-state index is 0.592. The number of nitrogens with zero attached hydrogens (tertiary/aromatic N) is 1. The van der Waals surface area contributed by atoms with Gasteiger partial charge in [0.25, 0.3) is 0 Å². The highest BCUT2D eigenvalue weighted by molar-refractivity contribution is 5.76. The molecule has 0 aliphatic carbocycles. The molecule has 2 aromatic rings. The van der Waals surface area contributed by atoms with Crippen LogP contribution in [-0.2, 0) is 0 Å². The van der Waals surface area contributed by atoms with Gasteiger partial charge >= 0.3 is 0 Å². The lowest BCUT2D eigenvalue weighted by molar-refractivity contribution is 0.414. The van der Waals surface area contributed by atoms with Crippen LogP contribution in [0, 0.1) is 0 Å². The number of fused-ring (bicyclic) bond motifs is 1. The molecule has 0 radical (unpaired) electrons. The van der Waals surface area contributed by atoms with Crippen molar-refractivity contribution in [3.8, 4) is 0 Å². The smallest absolute Gasteiger partial charge is 0.181 e. The van der Waals surface area contributed by atoms with Crippen molar-refractivity contribution in [2.45, 2.75) is 25.3 Å². The van der Waals surface area contributed by atoms with Crippen LogP contribution in [0.15, 0.2) is 29.0 Å². The standard InChI is InChI=1S/C13H17N3O/c1-2-6-14-11(3-1)8-15-10-4-5-12-13(7-10)17-9-16-12/h4-5,7,9,11,14-15H,1-3,6,8H2. The van der Waals surface area contributed by atoms with Gasteiger partial charge in [0.05, 0.1) is 0 Å². The van der Waals surface area contributed by atoms with Gasteiger partial charge in [-0.3, -0.25) is 0 Å². The summed E-state index contributed by atoms with van der Waals surface area (Å²) >= 11 is 0. The lowest BCUT2D eigenvalue weighted by atomic mass is 10.1. The summed E-state index contributed by atoms with van der Waals surface area (Å²) in [6.45, 7) is 2.12. The van der Waals surface area contributed by atoms with Gasteiger partial charge < -0.3 is 15.1 Å². The molecule has 0 spiro atoms. The molecule has 2 N–H and O–H groups in total. The van der Waals surface area contributed by atoms with Crippen molar-refractivity contribution in [3.63, 3.8) is 0 Å². The van der Waals surface area contributed by atoms with Crippen LogP contribution in [0.2, 0.25) is 0 Å². The van der Waals surface area contributed by atoms with Crippen molar-refractivity contribution in [3.05, 3.63) is 24.6 Å². The summed E-state index contributed by atoms with van der Waals surface area (Å²) < 4.78 is 5.28. The summed E-state index contributed by atoms with van der Waals surface area (Å²) in [4.78, 5) is 4.10. The molecule has 1 aliphatic heterocycles. The molecule has 17 heavy (non-hydrogen) atoms. The highest BCUT2D eigenvalue weighted by atomic mass is 16.3. The van der Waals surface area contributed by atoms with Crippen LogP contribution >= 0.6 is 0 Å². The van der Waals surface area contributed by atoms with Gasteiger partial charge in [0.2, 0.25) is 0 Å². The van der Waals surface area contributed by atoms with E-state index in [2.05, 4.69) is 15.6 Å². The van der Waals surface area contributed by atoms with Crippen LogP contribution in [0.3, 0.4) is 0 Å². The molecule has 1 aromatic carbocycles. The Morgan fingerprint density at radius 2 is 2.41 bits per heavy atom. The van der Waals surface area contributed by atoms with Crippen molar-refractivity contribution in [2.75, 3.05) is 18.4 Å². The van der Waals surface area contributed by atoms with Crippen molar-refractivity contribution < 1.29 is 4.42 Å². The minimum Gasteiger partial charge on any atom is -0.443 e. The number of hydrogen-bond acceptors (Lipinski definition) is 4. The van der Waals surface area contributed by atoms with E-state index in [4.69, 9.17) is 4.42 Å². The van der Waals surface area contributed by atoms with Gasteiger partial charge in [-0.1, -0.05) is 6.42 Å². The van der Waals surface area contributed by atoms with Gasteiger partial charge in [-0.15, -0.1) is 0 Å². The number of rotatable bonds is 3.